The Morgan fingerprint density at radius 2 is 1.90 bits per heavy atom. The van der Waals surface area contributed by atoms with Crippen molar-refractivity contribution in [3.05, 3.63) is 42.0 Å². The van der Waals surface area contributed by atoms with Gasteiger partial charge in [-0.05, 0) is 35.6 Å². The topological polar surface area (TPSA) is 44.5 Å². The fraction of sp³-hybridized carbons (Fsp3) is 0.412. The Morgan fingerprint density at radius 1 is 1.10 bits per heavy atom. The molecule has 3 heteroatoms. The van der Waals surface area contributed by atoms with E-state index >= 15 is 0 Å². The molecule has 0 unspecified atom stereocenters. The molecule has 0 saturated carbocycles. The molecule has 0 amide bonds. The number of hydrogen-bond donors (Lipinski definition) is 1. The smallest absolute Gasteiger partial charge is 0.124 e. The van der Waals surface area contributed by atoms with E-state index < -0.39 is 0 Å². The monoisotopic (exact) mass is 271 g/mol. The molecule has 0 bridgehead atoms. The summed E-state index contributed by atoms with van der Waals surface area (Å²) < 4.78 is 11.4. The first-order valence-electron chi connectivity index (χ1n) is 7.29. The van der Waals surface area contributed by atoms with Crippen LogP contribution >= 0.6 is 0 Å². The highest BCUT2D eigenvalue weighted by atomic mass is 16.5. The van der Waals surface area contributed by atoms with Gasteiger partial charge in [0.15, 0.2) is 0 Å². The minimum atomic E-state index is 0.504. The molecule has 2 aromatic carbocycles. The van der Waals surface area contributed by atoms with E-state index in [0.29, 0.717) is 12.5 Å². The normalized spacial score (nSPS) is 16.4. The maximum absolute atomic E-state index is 6.04. The van der Waals surface area contributed by atoms with Crippen LogP contribution in [0.4, 0.5) is 0 Å². The van der Waals surface area contributed by atoms with E-state index in [1.807, 2.05) is 18.2 Å². The van der Waals surface area contributed by atoms with Crippen LogP contribution < -0.4 is 10.5 Å². The molecule has 0 radical (unpaired) electrons. The van der Waals surface area contributed by atoms with E-state index in [2.05, 4.69) is 18.2 Å². The van der Waals surface area contributed by atoms with Crippen LogP contribution in [0.1, 0.15) is 18.4 Å². The zero-order chi connectivity index (χ0) is 13.8. The second-order valence-electron chi connectivity index (χ2n) is 5.33. The lowest BCUT2D eigenvalue weighted by molar-refractivity contribution is 0.0496. The van der Waals surface area contributed by atoms with Gasteiger partial charge in [-0.3, -0.25) is 0 Å². The van der Waals surface area contributed by atoms with Gasteiger partial charge >= 0.3 is 0 Å². The van der Waals surface area contributed by atoms with Gasteiger partial charge in [0.1, 0.15) is 5.75 Å². The zero-order valence-corrected chi connectivity index (χ0v) is 11.7. The first-order valence-corrected chi connectivity index (χ1v) is 7.29. The standard InChI is InChI=1S/C17H21NO2/c18-11-16-15-4-2-1-3-14(15)5-6-17(16)20-12-13-7-9-19-10-8-13/h1-6,13H,7-12,18H2. The average Bonchev–Trinajstić information content (AvgIpc) is 2.53. The number of fused-ring (bicyclic) bond motifs is 1. The molecule has 0 spiro atoms. The van der Waals surface area contributed by atoms with Crippen molar-refractivity contribution in [1.29, 1.82) is 0 Å². The van der Waals surface area contributed by atoms with Gasteiger partial charge < -0.3 is 15.2 Å². The van der Waals surface area contributed by atoms with E-state index in [1.54, 1.807) is 0 Å². The van der Waals surface area contributed by atoms with Gasteiger partial charge in [-0.15, -0.1) is 0 Å². The molecule has 0 aliphatic carbocycles. The minimum Gasteiger partial charge on any atom is -0.493 e. The third kappa shape index (κ3) is 2.79. The van der Waals surface area contributed by atoms with Gasteiger partial charge in [-0.2, -0.15) is 0 Å². The van der Waals surface area contributed by atoms with Crippen LogP contribution in [0.25, 0.3) is 10.8 Å². The second kappa shape index (κ2) is 6.25. The highest BCUT2D eigenvalue weighted by molar-refractivity contribution is 5.87. The highest BCUT2D eigenvalue weighted by Crippen LogP contribution is 2.28. The van der Waals surface area contributed by atoms with Crippen LogP contribution in [-0.2, 0) is 11.3 Å². The summed E-state index contributed by atoms with van der Waals surface area (Å²) in [6.07, 6.45) is 2.18. The molecular weight excluding hydrogens is 250 g/mol. The minimum absolute atomic E-state index is 0.504. The predicted molar refractivity (Wildman–Crippen MR) is 80.9 cm³/mol. The predicted octanol–water partition coefficient (Wildman–Crippen LogP) is 3.10. The Labute approximate surface area is 119 Å². The summed E-state index contributed by atoms with van der Waals surface area (Å²) in [6.45, 7) is 2.98. The summed E-state index contributed by atoms with van der Waals surface area (Å²) in [7, 11) is 0. The van der Waals surface area contributed by atoms with Crippen molar-refractivity contribution in [3.8, 4) is 5.75 Å². The van der Waals surface area contributed by atoms with Crippen molar-refractivity contribution >= 4 is 10.8 Å². The van der Waals surface area contributed by atoms with Crippen LogP contribution in [0.15, 0.2) is 36.4 Å². The van der Waals surface area contributed by atoms with E-state index in [1.165, 1.54) is 10.8 Å². The van der Waals surface area contributed by atoms with Crippen molar-refractivity contribution in [2.24, 2.45) is 11.7 Å². The third-order valence-corrected chi connectivity index (χ3v) is 4.02. The van der Waals surface area contributed by atoms with Crippen LogP contribution in [-0.4, -0.2) is 19.8 Å². The van der Waals surface area contributed by atoms with E-state index in [4.69, 9.17) is 15.2 Å². The molecule has 1 fully saturated rings. The van der Waals surface area contributed by atoms with Crippen molar-refractivity contribution in [1.82, 2.24) is 0 Å². The first-order chi connectivity index (χ1) is 9.88. The van der Waals surface area contributed by atoms with Gasteiger partial charge in [0, 0.05) is 25.3 Å². The SMILES string of the molecule is NCc1c(OCC2CCOCC2)ccc2ccccc12. The molecule has 1 saturated heterocycles. The quantitative estimate of drug-likeness (QED) is 0.929. The summed E-state index contributed by atoms with van der Waals surface area (Å²) in [6, 6.07) is 12.5. The largest absolute Gasteiger partial charge is 0.493 e. The highest BCUT2D eigenvalue weighted by Gasteiger charge is 2.15. The summed E-state index contributed by atoms with van der Waals surface area (Å²) in [5.41, 5.74) is 7.03. The van der Waals surface area contributed by atoms with Crippen LogP contribution in [0.5, 0.6) is 5.75 Å². The molecule has 1 heterocycles. The fourth-order valence-corrected chi connectivity index (χ4v) is 2.78. The van der Waals surface area contributed by atoms with Crippen LogP contribution in [0, 0.1) is 5.92 Å². The third-order valence-electron chi connectivity index (χ3n) is 4.02. The summed E-state index contributed by atoms with van der Waals surface area (Å²) in [4.78, 5) is 0. The lowest BCUT2D eigenvalue weighted by Gasteiger charge is -2.23. The van der Waals surface area contributed by atoms with E-state index in [9.17, 15) is 0 Å². The summed E-state index contributed by atoms with van der Waals surface area (Å²) in [5, 5.41) is 2.41. The number of benzene rings is 2. The molecule has 106 valence electrons. The molecule has 0 aromatic heterocycles. The lowest BCUT2D eigenvalue weighted by Crippen LogP contribution is -2.21. The first kappa shape index (κ1) is 13.4. The molecule has 20 heavy (non-hydrogen) atoms. The number of hydrogen-bond acceptors (Lipinski definition) is 3. The maximum atomic E-state index is 6.04. The number of ether oxygens (including phenoxy) is 2. The molecule has 1 aliphatic rings. The molecular formula is C17H21NO2. The van der Waals surface area contributed by atoms with E-state index in [-0.39, 0.29) is 0 Å². The molecule has 3 rings (SSSR count). The Morgan fingerprint density at radius 3 is 2.70 bits per heavy atom. The number of rotatable bonds is 4. The molecule has 0 atom stereocenters. The van der Waals surface area contributed by atoms with Gasteiger partial charge in [0.25, 0.3) is 0 Å². The van der Waals surface area contributed by atoms with Gasteiger partial charge in [-0.25, -0.2) is 0 Å². The molecule has 2 aromatic rings. The van der Waals surface area contributed by atoms with Gasteiger partial charge in [-0.1, -0.05) is 30.3 Å². The van der Waals surface area contributed by atoms with Crippen LogP contribution in [0.2, 0.25) is 0 Å². The Bertz CT molecular complexity index is 576. The van der Waals surface area contributed by atoms with Crippen molar-refractivity contribution in [2.45, 2.75) is 19.4 Å². The average molecular weight is 271 g/mol. The maximum Gasteiger partial charge on any atom is 0.124 e. The van der Waals surface area contributed by atoms with Gasteiger partial charge in [0.05, 0.1) is 6.61 Å². The Hall–Kier alpha value is -1.58. The fourth-order valence-electron chi connectivity index (χ4n) is 2.78. The molecule has 1 aliphatic heterocycles. The van der Waals surface area contributed by atoms with E-state index in [0.717, 1.165) is 44.0 Å². The second-order valence-corrected chi connectivity index (χ2v) is 5.33. The summed E-state index contributed by atoms with van der Waals surface area (Å²) in [5.74, 6) is 1.53. The Balaban J connectivity index is 1.80. The zero-order valence-electron chi connectivity index (χ0n) is 11.7. The van der Waals surface area contributed by atoms with Crippen molar-refractivity contribution in [3.63, 3.8) is 0 Å². The van der Waals surface area contributed by atoms with Crippen molar-refractivity contribution < 1.29 is 9.47 Å². The Kier molecular flexibility index (Phi) is 4.19. The molecule has 3 nitrogen and oxygen atoms in total. The van der Waals surface area contributed by atoms with Crippen LogP contribution in [0.3, 0.4) is 0 Å². The number of nitrogens with two attached hydrogens (primary N) is 1. The summed E-state index contributed by atoms with van der Waals surface area (Å²) >= 11 is 0. The van der Waals surface area contributed by atoms with Gasteiger partial charge in [0.2, 0.25) is 0 Å². The lowest BCUT2D eigenvalue weighted by atomic mass is 10.0. The van der Waals surface area contributed by atoms with Crippen molar-refractivity contribution in [2.75, 3.05) is 19.8 Å². The molecule has 2 N–H and O–H groups in total.